The number of anilines is 1. The maximum absolute atomic E-state index is 12.9. The van der Waals surface area contributed by atoms with Crippen LogP contribution < -0.4 is 10.1 Å². The molecule has 0 radical (unpaired) electrons. The first-order valence-corrected chi connectivity index (χ1v) is 11.4. The summed E-state index contributed by atoms with van der Waals surface area (Å²) < 4.78 is 55.0. The highest BCUT2D eigenvalue weighted by molar-refractivity contribution is 7.99. The number of hydrogen-bond donors (Lipinski definition) is 1. The molecule has 1 N–H and O–H groups in total. The molecule has 0 aliphatic rings. The summed E-state index contributed by atoms with van der Waals surface area (Å²) in [5.74, 6) is -1.68. The highest BCUT2D eigenvalue weighted by atomic mass is 32.2. The number of amides is 1. The molecule has 0 bridgehead atoms. The number of carbonyl (C=O) groups excluding carboxylic acids is 3. The van der Waals surface area contributed by atoms with E-state index in [1.165, 1.54) is 49.1 Å². The minimum atomic E-state index is -4.49. The fourth-order valence-corrected chi connectivity index (χ4v) is 3.73. The molecule has 37 heavy (non-hydrogen) atoms. The molecule has 0 unspecified atom stereocenters. The van der Waals surface area contributed by atoms with E-state index in [-0.39, 0.29) is 34.9 Å². The zero-order chi connectivity index (χ0) is 27.2. The number of benzene rings is 2. The fraction of sp³-hybridized carbons (Fsp3) is 0.261. The number of hydrogen-bond acceptors (Lipinski definition) is 9. The van der Waals surface area contributed by atoms with Gasteiger partial charge in [0.05, 0.1) is 42.4 Å². The molecule has 1 aromatic heterocycles. The Hall–Kier alpha value is -4.07. The van der Waals surface area contributed by atoms with E-state index >= 15 is 0 Å². The van der Waals surface area contributed by atoms with Crippen LogP contribution in [0.5, 0.6) is 5.75 Å². The predicted octanol–water partition coefficient (Wildman–Crippen LogP) is 3.72. The molecule has 0 aliphatic heterocycles. The average Bonchev–Trinajstić information content (AvgIpc) is 3.23. The van der Waals surface area contributed by atoms with Crippen molar-refractivity contribution in [1.29, 1.82) is 0 Å². The molecule has 14 heteroatoms. The Morgan fingerprint density at radius 1 is 1.03 bits per heavy atom. The van der Waals surface area contributed by atoms with Crippen molar-refractivity contribution < 1.29 is 41.8 Å². The SMILES string of the molecule is COC(=O)c1ccc(C(=O)OC)c(NC(=O)CSc2nnc(COc3cccc(C(F)(F)F)c3)n2C)c1. The Balaban J connectivity index is 1.64. The maximum Gasteiger partial charge on any atom is 0.416 e. The molecule has 0 aliphatic carbocycles. The predicted molar refractivity (Wildman–Crippen MR) is 125 cm³/mol. The lowest BCUT2D eigenvalue weighted by Gasteiger charge is -2.11. The number of thioether (sulfide) groups is 1. The number of methoxy groups -OCH3 is 2. The standard InChI is InChI=1S/C23H21F3N4O6S/c1-30-18(11-36-15-6-4-5-14(10-15)23(24,25)26)28-29-22(30)37-12-19(31)27-17-9-13(20(32)34-2)7-8-16(17)21(33)35-3/h4-10H,11-12H2,1-3H3,(H,27,31). The maximum atomic E-state index is 12.9. The Morgan fingerprint density at radius 2 is 1.76 bits per heavy atom. The number of nitrogens with one attached hydrogen (secondary N) is 1. The van der Waals surface area contributed by atoms with Gasteiger partial charge in [-0.15, -0.1) is 10.2 Å². The van der Waals surface area contributed by atoms with Crippen molar-refractivity contribution >= 4 is 35.3 Å². The van der Waals surface area contributed by atoms with Crippen LogP contribution in [0.4, 0.5) is 18.9 Å². The largest absolute Gasteiger partial charge is 0.486 e. The summed E-state index contributed by atoms with van der Waals surface area (Å²) in [4.78, 5) is 36.4. The van der Waals surface area contributed by atoms with Crippen molar-refractivity contribution in [2.45, 2.75) is 17.9 Å². The molecular formula is C23H21F3N4O6S. The number of rotatable bonds is 9. The first-order chi connectivity index (χ1) is 17.5. The smallest absolute Gasteiger partial charge is 0.416 e. The van der Waals surface area contributed by atoms with Crippen LogP contribution in [0.3, 0.4) is 0 Å². The second kappa shape index (κ2) is 11.8. The van der Waals surface area contributed by atoms with E-state index in [0.29, 0.717) is 11.0 Å². The van der Waals surface area contributed by atoms with Gasteiger partial charge in [-0.2, -0.15) is 13.2 Å². The quantitative estimate of drug-likeness (QED) is 0.321. The third kappa shape index (κ3) is 7.00. The summed E-state index contributed by atoms with van der Waals surface area (Å²) in [6.45, 7) is -0.152. The molecule has 1 heterocycles. The zero-order valence-corrected chi connectivity index (χ0v) is 20.6. The van der Waals surface area contributed by atoms with E-state index in [0.717, 1.165) is 23.9 Å². The van der Waals surface area contributed by atoms with E-state index < -0.39 is 29.6 Å². The van der Waals surface area contributed by atoms with Gasteiger partial charge < -0.3 is 24.1 Å². The van der Waals surface area contributed by atoms with Crippen molar-refractivity contribution in [1.82, 2.24) is 14.8 Å². The summed E-state index contributed by atoms with van der Waals surface area (Å²) in [5.41, 5.74) is -0.607. The lowest BCUT2D eigenvalue weighted by Crippen LogP contribution is -2.18. The molecule has 10 nitrogen and oxygen atoms in total. The average molecular weight is 539 g/mol. The van der Waals surface area contributed by atoms with Gasteiger partial charge in [-0.1, -0.05) is 17.8 Å². The van der Waals surface area contributed by atoms with Crippen LogP contribution in [0.1, 0.15) is 32.1 Å². The van der Waals surface area contributed by atoms with E-state index in [9.17, 15) is 27.6 Å². The number of esters is 2. The molecule has 1 amide bonds. The van der Waals surface area contributed by atoms with Crippen LogP contribution in [0.25, 0.3) is 0 Å². The van der Waals surface area contributed by atoms with Crippen molar-refractivity contribution in [3.8, 4) is 5.75 Å². The lowest BCUT2D eigenvalue weighted by atomic mass is 10.1. The first-order valence-electron chi connectivity index (χ1n) is 10.4. The van der Waals surface area contributed by atoms with Crippen LogP contribution in [-0.2, 0) is 34.1 Å². The molecule has 0 fully saturated rings. The van der Waals surface area contributed by atoms with Gasteiger partial charge in [0.15, 0.2) is 11.0 Å². The van der Waals surface area contributed by atoms with E-state index in [2.05, 4.69) is 20.3 Å². The first kappa shape index (κ1) is 27.5. The Morgan fingerprint density at radius 3 is 2.43 bits per heavy atom. The molecule has 0 saturated heterocycles. The van der Waals surface area contributed by atoms with Gasteiger partial charge in [0.2, 0.25) is 5.91 Å². The molecule has 3 rings (SSSR count). The van der Waals surface area contributed by atoms with Crippen LogP contribution in [-0.4, -0.2) is 52.6 Å². The second-order valence-corrected chi connectivity index (χ2v) is 8.29. The van der Waals surface area contributed by atoms with E-state index in [1.54, 1.807) is 7.05 Å². The second-order valence-electron chi connectivity index (χ2n) is 7.35. The number of nitrogens with zero attached hydrogens (tertiary/aromatic N) is 3. The van der Waals surface area contributed by atoms with Crippen molar-refractivity contribution in [3.63, 3.8) is 0 Å². The minimum Gasteiger partial charge on any atom is -0.486 e. The summed E-state index contributed by atoms with van der Waals surface area (Å²) in [7, 11) is 3.99. The highest BCUT2D eigenvalue weighted by Gasteiger charge is 2.30. The fourth-order valence-electron chi connectivity index (χ4n) is 3.00. The van der Waals surface area contributed by atoms with Crippen molar-refractivity contribution in [2.75, 3.05) is 25.3 Å². The molecule has 0 atom stereocenters. The molecule has 2 aromatic carbocycles. The minimum absolute atomic E-state index is 0.0157. The number of aromatic nitrogens is 3. The summed E-state index contributed by atoms with van der Waals surface area (Å²) in [6, 6.07) is 8.45. The van der Waals surface area contributed by atoms with Gasteiger partial charge in [-0.3, -0.25) is 4.79 Å². The summed E-state index contributed by atoms with van der Waals surface area (Å²) >= 11 is 1.02. The molecule has 3 aromatic rings. The molecule has 0 saturated carbocycles. The van der Waals surface area contributed by atoms with Gasteiger partial charge >= 0.3 is 18.1 Å². The van der Waals surface area contributed by atoms with Gasteiger partial charge in [0.25, 0.3) is 0 Å². The normalized spacial score (nSPS) is 11.1. The van der Waals surface area contributed by atoms with E-state index in [1.807, 2.05) is 0 Å². The Labute approximate surface area is 213 Å². The van der Waals surface area contributed by atoms with Crippen LogP contribution in [0.2, 0.25) is 0 Å². The third-order valence-electron chi connectivity index (χ3n) is 4.91. The van der Waals surface area contributed by atoms with Gasteiger partial charge in [0.1, 0.15) is 12.4 Å². The van der Waals surface area contributed by atoms with Gasteiger partial charge in [0, 0.05) is 7.05 Å². The number of alkyl halides is 3. The number of ether oxygens (including phenoxy) is 3. The van der Waals surface area contributed by atoms with Gasteiger partial charge in [-0.25, -0.2) is 9.59 Å². The third-order valence-corrected chi connectivity index (χ3v) is 5.93. The van der Waals surface area contributed by atoms with Crippen molar-refractivity contribution in [2.24, 2.45) is 7.05 Å². The number of carbonyl (C=O) groups is 3. The van der Waals surface area contributed by atoms with Gasteiger partial charge in [-0.05, 0) is 36.4 Å². The molecule has 196 valence electrons. The van der Waals surface area contributed by atoms with Crippen LogP contribution in [0, 0.1) is 0 Å². The highest BCUT2D eigenvalue weighted by Crippen LogP contribution is 2.31. The topological polar surface area (TPSA) is 122 Å². The molecule has 0 spiro atoms. The monoisotopic (exact) mass is 538 g/mol. The Kier molecular flexibility index (Phi) is 8.76. The zero-order valence-electron chi connectivity index (χ0n) is 19.8. The van der Waals surface area contributed by atoms with Crippen LogP contribution >= 0.6 is 11.8 Å². The summed E-state index contributed by atoms with van der Waals surface area (Å²) in [6.07, 6.45) is -4.49. The Bertz CT molecular complexity index is 1310. The lowest BCUT2D eigenvalue weighted by molar-refractivity contribution is -0.137. The van der Waals surface area contributed by atoms with Crippen LogP contribution in [0.15, 0.2) is 47.6 Å². The number of halogens is 3. The molecular weight excluding hydrogens is 517 g/mol. The summed E-state index contributed by atoms with van der Waals surface area (Å²) in [5, 5.41) is 10.8. The van der Waals surface area contributed by atoms with Crippen molar-refractivity contribution in [3.05, 3.63) is 65.0 Å². The van der Waals surface area contributed by atoms with E-state index in [4.69, 9.17) is 9.47 Å².